The van der Waals surface area contributed by atoms with E-state index in [9.17, 15) is 9.59 Å². The molecule has 0 fully saturated rings. The van der Waals surface area contributed by atoms with Crippen molar-refractivity contribution in [3.63, 3.8) is 0 Å². The maximum Gasteiger partial charge on any atom is 0.335 e. The summed E-state index contributed by atoms with van der Waals surface area (Å²) >= 11 is 0. The van der Waals surface area contributed by atoms with Crippen molar-refractivity contribution in [3.05, 3.63) is 75.8 Å². The monoisotopic (exact) mass is 305 g/mol. The van der Waals surface area contributed by atoms with E-state index in [1.54, 1.807) is 18.2 Å². The molecule has 0 aliphatic carbocycles. The van der Waals surface area contributed by atoms with Crippen LogP contribution in [0.1, 0.15) is 21.5 Å². The van der Waals surface area contributed by atoms with E-state index in [0.29, 0.717) is 16.5 Å². The van der Waals surface area contributed by atoms with E-state index in [4.69, 9.17) is 10.4 Å². The molecule has 1 heterocycles. The first kappa shape index (κ1) is 14.5. The SMILES string of the molecule is N#Cc1cccc(Cn2cnc3cc(C(=O)O)ccc3c2=O)c1. The lowest BCUT2D eigenvalue weighted by atomic mass is 10.1. The fourth-order valence-electron chi connectivity index (χ4n) is 2.34. The first-order valence-corrected chi connectivity index (χ1v) is 6.80. The van der Waals surface area contributed by atoms with Crippen LogP contribution in [0.15, 0.2) is 53.6 Å². The number of hydrogen-bond acceptors (Lipinski definition) is 4. The van der Waals surface area contributed by atoms with Gasteiger partial charge in [-0.3, -0.25) is 9.36 Å². The Morgan fingerprint density at radius 1 is 1.26 bits per heavy atom. The Kier molecular flexibility index (Phi) is 3.61. The number of nitriles is 1. The normalized spacial score (nSPS) is 10.4. The molecule has 0 amide bonds. The maximum atomic E-state index is 12.5. The van der Waals surface area contributed by atoms with Crippen molar-refractivity contribution in [2.24, 2.45) is 0 Å². The molecule has 0 saturated carbocycles. The molecule has 0 spiro atoms. The summed E-state index contributed by atoms with van der Waals surface area (Å²) in [4.78, 5) is 27.6. The molecule has 0 saturated heterocycles. The minimum atomic E-state index is -1.06. The lowest BCUT2D eigenvalue weighted by Crippen LogP contribution is -2.21. The van der Waals surface area contributed by atoms with Crippen LogP contribution in [0.2, 0.25) is 0 Å². The van der Waals surface area contributed by atoms with Crippen molar-refractivity contribution >= 4 is 16.9 Å². The maximum absolute atomic E-state index is 12.5. The van der Waals surface area contributed by atoms with Crippen molar-refractivity contribution in [1.29, 1.82) is 5.26 Å². The van der Waals surface area contributed by atoms with Crippen LogP contribution in [0.4, 0.5) is 0 Å². The Labute approximate surface area is 130 Å². The molecule has 23 heavy (non-hydrogen) atoms. The molecule has 2 aromatic carbocycles. The van der Waals surface area contributed by atoms with Crippen LogP contribution in [-0.4, -0.2) is 20.6 Å². The molecule has 3 aromatic rings. The van der Waals surface area contributed by atoms with Crippen molar-refractivity contribution < 1.29 is 9.90 Å². The van der Waals surface area contributed by atoms with Gasteiger partial charge < -0.3 is 5.11 Å². The molecule has 1 aromatic heterocycles. The zero-order valence-corrected chi connectivity index (χ0v) is 11.9. The standard InChI is InChI=1S/C17H11N3O3/c18-8-11-2-1-3-12(6-11)9-20-10-19-15-7-13(17(22)23)4-5-14(15)16(20)21/h1-7,10H,9H2,(H,22,23). The van der Waals surface area contributed by atoms with Crippen molar-refractivity contribution in [2.75, 3.05) is 0 Å². The number of carbonyl (C=O) groups is 1. The van der Waals surface area contributed by atoms with E-state index in [0.717, 1.165) is 5.56 Å². The van der Waals surface area contributed by atoms with Crippen molar-refractivity contribution in [2.45, 2.75) is 6.54 Å². The fraction of sp³-hybridized carbons (Fsp3) is 0.0588. The quantitative estimate of drug-likeness (QED) is 0.798. The van der Waals surface area contributed by atoms with E-state index in [2.05, 4.69) is 11.1 Å². The van der Waals surface area contributed by atoms with Crippen LogP contribution >= 0.6 is 0 Å². The van der Waals surface area contributed by atoms with Gasteiger partial charge in [-0.05, 0) is 35.9 Å². The Hall–Kier alpha value is -3.46. The topological polar surface area (TPSA) is 96.0 Å². The van der Waals surface area contributed by atoms with Gasteiger partial charge in [0.2, 0.25) is 0 Å². The van der Waals surface area contributed by atoms with Crippen LogP contribution < -0.4 is 5.56 Å². The van der Waals surface area contributed by atoms with Crippen LogP contribution in [0.5, 0.6) is 0 Å². The second-order valence-corrected chi connectivity index (χ2v) is 5.03. The third-order valence-corrected chi connectivity index (χ3v) is 3.48. The largest absolute Gasteiger partial charge is 0.478 e. The summed E-state index contributed by atoms with van der Waals surface area (Å²) in [6.07, 6.45) is 1.38. The van der Waals surface area contributed by atoms with Gasteiger partial charge in [0.15, 0.2) is 0 Å². The summed E-state index contributed by atoms with van der Waals surface area (Å²) in [5.74, 6) is -1.06. The predicted molar refractivity (Wildman–Crippen MR) is 83.2 cm³/mol. The molecular formula is C17H11N3O3. The zero-order valence-electron chi connectivity index (χ0n) is 11.9. The Bertz CT molecular complexity index is 1020. The lowest BCUT2D eigenvalue weighted by molar-refractivity contribution is 0.0697. The van der Waals surface area contributed by atoms with Crippen molar-refractivity contribution in [3.8, 4) is 6.07 Å². The van der Waals surface area contributed by atoms with Gasteiger partial charge in [0.25, 0.3) is 5.56 Å². The Morgan fingerprint density at radius 2 is 2.09 bits per heavy atom. The van der Waals surface area contributed by atoms with Crippen LogP contribution in [0.3, 0.4) is 0 Å². The lowest BCUT2D eigenvalue weighted by Gasteiger charge is -2.07. The third-order valence-electron chi connectivity index (χ3n) is 3.48. The summed E-state index contributed by atoms with van der Waals surface area (Å²) in [6, 6.07) is 13.3. The summed E-state index contributed by atoms with van der Waals surface area (Å²) in [7, 11) is 0. The highest BCUT2D eigenvalue weighted by atomic mass is 16.4. The van der Waals surface area contributed by atoms with Gasteiger partial charge in [0, 0.05) is 0 Å². The van der Waals surface area contributed by atoms with Crippen molar-refractivity contribution in [1.82, 2.24) is 9.55 Å². The molecule has 3 rings (SSSR count). The molecule has 0 bridgehead atoms. The second-order valence-electron chi connectivity index (χ2n) is 5.03. The average molecular weight is 305 g/mol. The molecule has 0 aliphatic heterocycles. The van der Waals surface area contributed by atoms with Gasteiger partial charge in [-0.1, -0.05) is 12.1 Å². The number of fused-ring (bicyclic) bond motifs is 1. The first-order valence-electron chi connectivity index (χ1n) is 6.80. The molecule has 1 N–H and O–H groups in total. The summed E-state index contributed by atoms with van der Waals surface area (Å²) in [5.41, 5.74) is 1.51. The number of benzene rings is 2. The molecular weight excluding hydrogens is 294 g/mol. The van der Waals surface area contributed by atoms with E-state index in [-0.39, 0.29) is 17.7 Å². The number of hydrogen-bond donors (Lipinski definition) is 1. The summed E-state index contributed by atoms with van der Waals surface area (Å²) in [5, 5.41) is 18.2. The molecule has 0 aliphatic rings. The van der Waals surface area contributed by atoms with Gasteiger partial charge in [0.1, 0.15) is 0 Å². The Balaban J connectivity index is 2.04. The fourth-order valence-corrected chi connectivity index (χ4v) is 2.34. The van der Waals surface area contributed by atoms with Crippen LogP contribution in [-0.2, 0) is 6.54 Å². The number of nitrogens with zero attached hydrogens (tertiary/aromatic N) is 3. The predicted octanol–water partition coefficient (Wildman–Crippen LogP) is 2.01. The molecule has 0 unspecified atom stereocenters. The third kappa shape index (κ3) is 2.80. The van der Waals surface area contributed by atoms with E-state index in [1.165, 1.54) is 29.1 Å². The number of aromatic nitrogens is 2. The van der Waals surface area contributed by atoms with Gasteiger partial charge in [-0.15, -0.1) is 0 Å². The highest BCUT2D eigenvalue weighted by Gasteiger charge is 2.09. The van der Waals surface area contributed by atoms with Gasteiger partial charge in [0.05, 0.1) is 41.0 Å². The summed E-state index contributed by atoms with van der Waals surface area (Å²) < 4.78 is 1.43. The number of carboxylic acid groups (broad SMARTS) is 1. The highest BCUT2D eigenvalue weighted by molar-refractivity contribution is 5.92. The van der Waals surface area contributed by atoms with Gasteiger partial charge >= 0.3 is 5.97 Å². The highest BCUT2D eigenvalue weighted by Crippen LogP contribution is 2.11. The van der Waals surface area contributed by atoms with Gasteiger partial charge in [-0.2, -0.15) is 5.26 Å². The first-order chi connectivity index (χ1) is 11.1. The van der Waals surface area contributed by atoms with Crippen LogP contribution in [0, 0.1) is 11.3 Å². The minimum absolute atomic E-state index is 0.0869. The number of aromatic carboxylic acids is 1. The number of carboxylic acids is 1. The molecule has 6 nitrogen and oxygen atoms in total. The van der Waals surface area contributed by atoms with Crippen LogP contribution in [0.25, 0.3) is 10.9 Å². The second kappa shape index (κ2) is 5.73. The molecule has 6 heteroatoms. The number of rotatable bonds is 3. The molecule has 0 radical (unpaired) electrons. The minimum Gasteiger partial charge on any atom is -0.478 e. The average Bonchev–Trinajstić information content (AvgIpc) is 2.57. The summed E-state index contributed by atoms with van der Waals surface area (Å²) in [6.45, 7) is 0.290. The van der Waals surface area contributed by atoms with E-state index in [1.807, 2.05) is 6.07 Å². The zero-order chi connectivity index (χ0) is 16.4. The smallest absolute Gasteiger partial charge is 0.335 e. The van der Waals surface area contributed by atoms with E-state index < -0.39 is 5.97 Å². The van der Waals surface area contributed by atoms with Gasteiger partial charge in [-0.25, -0.2) is 9.78 Å². The Morgan fingerprint density at radius 3 is 2.83 bits per heavy atom. The molecule has 112 valence electrons. The van der Waals surface area contributed by atoms with E-state index >= 15 is 0 Å². The molecule has 0 atom stereocenters.